The number of furan rings is 1. The molecule has 1 aromatic rings. The van der Waals surface area contributed by atoms with E-state index in [1.807, 2.05) is 6.92 Å². The first kappa shape index (κ1) is 8.35. The molecule has 3 nitrogen and oxygen atoms in total. The molecule has 1 amide bonds. The number of carbonyl (C=O) groups is 1. The molecule has 0 unspecified atom stereocenters. The van der Waals surface area contributed by atoms with Crippen molar-refractivity contribution in [3.63, 3.8) is 0 Å². The van der Waals surface area contributed by atoms with E-state index in [4.69, 9.17) is 4.42 Å². The van der Waals surface area contributed by atoms with Gasteiger partial charge in [0, 0.05) is 6.04 Å². The van der Waals surface area contributed by atoms with E-state index < -0.39 is 0 Å². The summed E-state index contributed by atoms with van der Waals surface area (Å²) in [4.78, 5) is 11.5. The van der Waals surface area contributed by atoms with Crippen LogP contribution in [0.25, 0.3) is 0 Å². The van der Waals surface area contributed by atoms with E-state index in [-0.39, 0.29) is 5.91 Å². The molecule has 1 fully saturated rings. The van der Waals surface area contributed by atoms with Crippen molar-refractivity contribution in [2.45, 2.75) is 32.2 Å². The van der Waals surface area contributed by atoms with Crippen LogP contribution in [0.2, 0.25) is 0 Å². The summed E-state index contributed by atoms with van der Waals surface area (Å²) in [6.07, 6.45) is 3.43. The first-order valence-electron chi connectivity index (χ1n) is 4.63. The smallest absolute Gasteiger partial charge is 0.287 e. The molecular formula is C10H13NO2. The highest BCUT2D eigenvalue weighted by Crippen LogP contribution is 2.18. The Morgan fingerprint density at radius 1 is 1.54 bits per heavy atom. The van der Waals surface area contributed by atoms with Gasteiger partial charge in [0.15, 0.2) is 5.76 Å². The van der Waals surface area contributed by atoms with Gasteiger partial charge in [0.05, 0.1) is 0 Å². The Balaban J connectivity index is 1.96. The molecule has 13 heavy (non-hydrogen) atoms. The topological polar surface area (TPSA) is 42.2 Å². The molecule has 1 aromatic heterocycles. The van der Waals surface area contributed by atoms with Crippen LogP contribution in [0.15, 0.2) is 16.5 Å². The summed E-state index contributed by atoms with van der Waals surface area (Å²) in [6.45, 7) is 1.83. The van der Waals surface area contributed by atoms with Gasteiger partial charge in [0.1, 0.15) is 5.76 Å². The first-order chi connectivity index (χ1) is 6.25. The van der Waals surface area contributed by atoms with Crippen LogP contribution in [0.1, 0.15) is 35.6 Å². The SMILES string of the molecule is Cc1ccc(C(=O)NC2CCC2)o1. The third-order valence-corrected chi connectivity index (χ3v) is 2.40. The maximum absolute atomic E-state index is 11.5. The molecule has 3 heteroatoms. The lowest BCUT2D eigenvalue weighted by molar-refractivity contribution is 0.0887. The maximum atomic E-state index is 11.5. The Kier molecular flexibility index (Phi) is 2.08. The van der Waals surface area contributed by atoms with E-state index in [2.05, 4.69) is 5.32 Å². The fourth-order valence-electron chi connectivity index (χ4n) is 1.37. The van der Waals surface area contributed by atoms with Crippen molar-refractivity contribution in [3.8, 4) is 0 Å². The summed E-state index contributed by atoms with van der Waals surface area (Å²) >= 11 is 0. The van der Waals surface area contributed by atoms with Gasteiger partial charge < -0.3 is 9.73 Å². The fourth-order valence-corrected chi connectivity index (χ4v) is 1.37. The second-order valence-corrected chi connectivity index (χ2v) is 3.51. The van der Waals surface area contributed by atoms with Gasteiger partial charge in [0.2, 0.25) is 0 Å². The number of hydrogen-bond acceptors (Lipinski definition) is 2. The fraction of sp³-hybridized carbons (Fsp3) is 0.500. The average Bonchev–Trinajstić information content (AvgIpc) is 2.44. The van der Waals surface area contributed by atoms with Gasteiger partial charge in [-0.2, -0.15) is 0 Å². The van der Waals surface area contributed by atoms with E-state index in [0.29, 0.717) is 11.8 Å². The molecule has 0 atom stereocenters. The van der Waals surface area contributed by atoms with Gasteiger partial charge >= 0.3 is 0 Å². The summed E-state index contributed by atoms with van der Waals surface area (Å²) < 4.78 is 5.20. The number of aryl methyl sites for hydroxylation is 1. The molecule has 1 saturated carbocycles. The van der Waals surface area contributed by atoms with Gasteiger partial charge in [-0.05, 0) is 38.3 Å². The molecular weight excluding hydrogens is 166 g/mol. The molecule has 0 aromatic carbocycles. The van der Waals surface area contributed by atoms with Crippen LogP contribution in [0.4, 0.5) is 0 Å². The largest absolute Gasteiger partial charge is 0.456 e. The van der Waals surface area contributed by atoms with Crippen molar-refractivity contribution in [2.24, 2.45) is 0 Å². The highest BCUT2D eigenvalue weighted by molar-refractivity contribution is 5.91. The normalized spacial score (nSPS) is 16.7. The molecule has 1 aliphatic carbocycles. The van der Waals surface area contributed by atoms with E-state index >= 15 is 0 Å². The molecule has 0 radical (unpaired) electrons. The highest BCUT2D eigenvalue weighted by atomic mass is 16.3. The predicted octanol–water partition coefficient (Wildman–Crippen LogP) is 1.87. The van der Waals surface area contributed by atoms with Crippen molar-refractivity contribution in [3.05, 3.63) is 23.7 Å². The summed E-state index contributed by atoms with van der Waals surface area (Å²) in [5, 5.41) is 2.91. The molecule has 1 heterocycles. The van der Waals surface area contributed by atoms with Crippen LogP contribution in [0, 0.1) is 6.92 Å². The zero-order valence-corrected chi connectivity index (χ0v) is 7.67. The van der Waals surface area contributed by atoms with Crippen LogP contribution < -0.4 is 5.32 Å². The molecule has 0 spiro atoms. The zero-order chi connectivity index (χ0) is 9.26. The number of amides is 1. The van der Waals surface area contributed by atoms with Crippen LogP contribution in [-0.4, -0.2) is 11.9 Å². The summed E-state index contributed by atoms with van der Waals surface area (Å²) in [5.74, 6) is 1.11. The minimum Gasteiger partial charge on any atom is -0.456 e. The molecule has 2 rings (SSSR count). The lowest BCUT2D eigenvalue weighted by Crippen LogP contribution is -2.39. The average molecular weight is 179 g/mol. The summed E-state index contributed by atoms with van der Waals surface area (Å²) in [5.41, 5.74) is 0. The van der Waals surface area contributed by atoms with Gasteiger partial charge in [-0.1, -0.05) is 0 Å². The van der Waals surface area contributed by atoms with Crippen molar-refractivity contribution in [1.29, 1.82) is 0 Å². The molecule has 0 bridgehead atoms. The first-order valence-corrected chi connectivity index (χ1v) is 4.63. The quantitative estimate of drug-likeness (QED) is 0.753. The summed E-state index contributed by atoms with van der Waals surface area (Å²) in [7, 11) is 0. The predicted molar refractivity (Wildman–Crippen MR) is 48.6 cm³/mol. The monoisotopic (exact) mass is 179 g/mol. The second-order valence-electron chi connectivity index (χ2n) is 3.51. The van der Waals surface area contributed by atoms with E-state index in [9.17, 15) is 4.79 Å². The number of nitrogens with one attached hydrogen (secondary N) is 1. The lowest BCUT2D eigenvalue weighted by atomic mass is 9.93. The van der Waals surface area contributed by atoms with Crippen molar-refractivity contribution < 1.29 is 9.21 Å². The van der Waals surface area contributed by atoms with Crippen molar-refractivity contribution >= 4 is 5.91 Å². The minimum absolute atomic E-state index is 0.0854. The van der Waals surface area contributed by atoms with Crippen LogP contribution in [-0.2, 0) is 0 Å². The Labute approximate surface area is 77.1 Å². The van der Waals surface area contributed by atoms with Gasteiger partial charge in [-0.25, -0.2) is 0 Å². The van der Waals surface area contributed by atoms with Crippen molar-refractivity contribution in [2.75, 3.05) is 0 Å². The van der Waals surface area contributed by atoms with Gasteiger partial charge in [-0.3, -0.25) is 4.79 Å². The van der Waals surface area contributed by atoms with Crippen LogP contribution >= 0.6 is 0 Å². The number of hydrogen-bond donors (Lipinski definition) is 1. The van der Waals surface area contributed by atoms with Gasteiger partial charge in [0.25, 0.3) is 5.91 Å². The molecule has 0 aliphatic heterocycles. The summed E-state index contributed by atoms with van der Waals surface area (Å²) in [6, 6.07) is 3.89. The lowest BCUT2D eigenvalue weighted by Gasteiger charge is -2.25. The standard InChI is InChI=1S/C10H13NO2/c1-7-5-6-9(13-7)10(12)11-8-3-2-4-8/h5-6,8H,2-4H2,1H3,(H,11,12). The molecule has 1 N–H and O–H groups in total. The molecule has 0 saturated heterocycles. The highest BCUT2D eigenvalue weighted by Gasteiger charge is 2.21. The third-order valence-electron chi connectivity index (χ3n) is 2.40. The second kappa shape index (κ2) is 3.24. The Morgan fingerprint density at radius 2 is 2.31 bits per heavy atom. The van der Waals surface area contributed by atoms with Crippen molar-refractivity contribution in [1.82, 2.24) is 5.32 Å². The van der Waals surface area contributed by atoms with Gasteiger partial charge in [-0.15, -0.1) is 0 Å². The minimum atomic E-state index is -0.0854. The Bertz CT molecular complexity index is 312. The Hall–Kier alpha value is -1.25. The Morgan fingerprint density at radius 3 is 2.77 bits per heavy atom. The van der Waals surface area contributed by atoms with E-state index in [1.165, 1.54) is 6.42 Å². The van der Waals surface area contributed by atoms with E-state index in [1.54, 1.807) is 12.1 Å². The van der Waals surface area contributed by atoms with Crippen LogP contribution in [0.5, 0.6) is 0 Å². The number of rotatable bonds is 2. The zero-order valence-electron chi connectivity index (χ0n) is 7.67. The maximum Gasteiger partial charge on any atom is 0.287 e. The third kappa shape index (κ3) is 1.74. The van der Waals surface area contributed by atoms with Crippen LogP contribution in [0.3, 0.4) is 0 Å². The van der Waals surface area contributed by atoms with E-state index in [0.717, 1.165) is 18.6 Å². The molecule has 1 aliphatic rings. The number of carbonyl (C=O) groups excluding carboxylic acids is 1. The molecule has 70 valence electrons.